The Hall–Kier alpha value is -0.900. The van der Waals surface area contributed by atoms with Crippen LogP contribution in [0, 0.1) is 0 Å². The molecule has 20 heavy (non-hydrogen) atoms. The highest BCUT2D eigenvalue weighted by Crippen LogP contribution is 2.16. The Morgan fingerprint density at radius 2 is 1.85 bits per heavy atom. The first-order chi connectivity index (χ1) is 9.63. The smallest absolute Gasteiger partial charge is 0.0596 e. The molecule has 114 valence electrons. The van der Waals surface area contributed by atoms with Gasteiger partial charge in [-0.15, -0.1) is 0 Å². The average Bonchev–Trinajstić information content (AvgIpc) is 2.44. The van der Waals surface area contributed by atoms with Crippen molar-refractivity contribution in [2.75, 3.05) is 33.3 Å². The van der Waals surface area contributed by atoms with E-state index >= 15 is 0 Å². The second kappa shape index (κ2) is 9.92. The van der Waals surface area contributed by atoms with Crippen molar-refractivity contribution in [2.24, 2.45) is 0 Å². The van der Waals surface area contributed by atoms with Gasteiger partial charge in [0, 0.05) is 12.6 Å². The summed E-state index contributed by atoms with van der Waals surface area (Å²) in [7, 11) is 2.16. The number of likely N-dealkylation sites (N-methyl/N-ethyl adjacent to an activating group) is 1. The van der Waals surface area contributed by atoms with Gasteiger partial charge in [0.05, 0.1) is 12.7 Å². The minimum Gasteiger partial charge on any atom is -0.377 e. The first-order valence-corrected chi connectivity index (χ1v) is 7.72. The Kier molecular flexibility index (Phi) is 8.51. The summed E-state index contributed by atoms with van der Waals surface area (Å²) >= 11 is 0. The van der Waals surface area contributed by atoms with E-state index in [9.17, 15) is 0 Å². The van der Waals surface area contributed by atoms with E-state index in [1.165, 1.54) is 5.56 Å². The first-order valence-electron chi connectivity index (χ1n) is 7.72. The lowest BCUT2D eigenvalue weighted by atomic mass is 10.0. The van der Waals surface area contributed by atoms with Crippen molar-refractivity contribution in [1.29, 1.82) is 0 Å². The molecule has 0 fully saturated rings. The maximum absolute atomic E-state index is 5.59. The monoisotopic (exact) mass is 278 g/mol. The second-order valence-electron chi connectivity index (χ2n) is 5.53. The predicted octanol–water partition coefficient (Wildman–Crippen LogP) is 3.08. The minimum absolute atomic E-state index is 0.322. The summed E-state index contributed by atoms with van der Waals surface area (Å²) in [5.74, 6) is 0. The maximum Gasteiger partial charge on any atom is 0.0596 e. The fourth-order valence-electron chi connectivity index (χ4n) is 2.22. The normalized spacial score (nSPS) is 13.1. The lowest BCUT2D eigenvalue weighted by Gasteiger charge is -2.23. The van der Waals surface area contributed by atoms with Crippen LogP contribution in [-0.4, -0.2) is 44.3 Å². The van der Waals surface area contributed by atoms with E-state index in [1.807, 2.05) is 0 Å². The molecule has 0 bridgehead atoms. The quantitative estimate of drug-likeness (QED) is 0.712. The Balaban J connectivity index is 2.35. The average molecular weight is 278 g/mol. The van der Waals surface area contributed by atoms with Crippen molar-refractivity contribution < 1.29 is 4.74 Å². The third-order valence-electron chi connectivity index (χ3n) is 3.38. The van der Waals surface area contributed by atoms with E-state index in [2.05, 4.69) is 68.4 Å². The molecule has 1 N–H and O–H groups in total. The molecule has 0 saturated heterocycles. The van der Waals surface area contributed by atoms with Crippen LogP contribution in [0.4, 0.5) is 0 Å². The van der Waals surface area contributed by atoms with Crippen molar-refractivity contribution in [2.45, 2.75) is 39.3 Å². The van der Waals surface area contributed by atoms with Gasteiger partial charge >= 0.3 is 0 Å². The SMILES string of the molecule is CCNC(CCN(C)CCOC(C)C)c1ccccc1. The number of ether oxygens (including phenoxy) is 1. The van der Waals surface area contributed by atoms with Crippen molar-refractivity contribution in [3.63, 3.8) is 0 Å². The zero-order chi connectivity index (χ0) is 14.8. The summed E-state index contributed by atoms with van der Waals surface area (Å²) in [5, 5.41) is 3.57. The molecule has 3 nitrogen and oxygen atoms in total. The molecule has 1 rings (SSSR count). The molecule has 1 atom stereocenters. The van der Waals surface area contributed by atoms with Gasteiger partial charge in [-0.25, -0.2) is 0 Å². The lowest BCUT2D eigenvalue weighted by molar-refractivity contribution is 0.0632. The first kappa shape index (κ1) is 17.2. The topological polar surface area (TPSA) is 24.5 Å². The number of nitrogens with zero attached hydrogens (tertiary/aromatic N) is 1. The summed E-state index contributed by atoms with van der Waals surface area (Å²) in [6.45, 7) is 10.2. The van der Waals surface area contributed by atoms with Gasteiger partial charge in [0.15, 0.2) is 0 Å². The standard InChI is InChI=1S/C17H30N2O/c1-5-18-17(16-9-7-6-8-10-16)11-12-19(4)13-14-20-15(2)3/h6-10,15,17-18H,5,11-14H2,1-4H3. The van der Waals surface area contributed by atoms with Crippen LogP contribution in [0.3, 0.4) is 0 Å². The molecule has 0 aromatic heterocycles. The molecule has 0 amide bonds. The highest BCUT2D eigenvalue weighted by Gasteiger charge is 2.10. The molecule has 0 saturated carbocycles. The van der Waals surface area contributed by atoms with Gasteiger partial charge in [-0.05, 0) is 46.0 Å². The van der Waals surface area contributed by atoms with Gasteiger partial charge in [0.25, 0.3) is 0 Å². The molecule has 1 aromatic rings. The van der Waals surface area contributed by atoms with Crippen LogP contribution >= 0.6 is 0 Å². The molecule has 3 heteroatoms. The summed E-state index contributed by atoms with van der Waals surface area (Å²) in [6, 6.07) is 11.1. The number of hydrogen-bond donors (Lipinski definition) is 1. The molecule has 0 aliphatic heterocycles. The Morgan fingerprint density at radius 1 is 1.15 bits per heavy atom. The molecule has 0 aliphatic carbocycles. The van der Waals surface area contributed by atoms with E-state index in [0.717, 1.165) is 32.7 Å². The van der Waals surface area contributed by atoms with Gasteiger partial charge in [-0.1, -0.05) is 37.3 Å². The van der Waals surface area contributed by atoms with E-state index in [-0.39, 0.29) is 0 Å². The highest BCUT2D eigenvalue weighted by atomic mass is 16.5. The Bertz CT molecular complexity index is 340. The lowest BCUT2D eigenvalue weighted by Crippen LogP contribution is -2.29. The molecule has 1 unspecified atom stereocenters. The molecule has 0 radical (unpaired) electrons. The van der Waals surface area contributed by atoms with Crippen LogP contribution < -0.4 is 5.32 Å². The predicted molar refractivity (Wildman–Crippen MR) is 86.1 cm³/mol. The summed E-state index contributed by atoms with van der Waals surface area (Å²) in [4.78, 5) is 2.34. The zero-order valence-electron chi connectivity index (χ0n) is 13.4. The van der Waals surface area contributed by atoms with Crippen molar-refractivity contribution >= 4 is 0 Å². The van der Waals surface area contributed by atoms with E-state index in [1.54, 1.807) is 0 Å². The van der Waals surface area contributed by atoms with Gasteiger partial charge in [0.2, 0.25) is 0 Å². The summed E-state index contributed by atoms with van der Waals surface area (Å²) in [5.41, 5.74) is 1.38. The van der Waals surface area contributed by atoms with Crippen LogP contribution in [0.1, 0.15) is 38.8 Å². The number of benzene rings is 1. The third-order valence-corrected chi connectivity index (χ3v) is 3.38. The van der Waals surface area contributed by atoms with E-state index < -0.39 is 0 Å². The van der Waals surface area contributed by atoms with Gasteiger partial charge in [0.1, 0.15) is 0 Å². The van der Waals surface area contributed by atoms with Crippen LogP contribution in [0.25, 0.3) is 0 Å². The summed E-state index contributed by atoms with van der Waals surface area (Å²) < 4.78 is 5.59. The largest absolute Gasteiger partial charge is 0.377 e. The molecular weight excluding hydrogens is 248 g/mol. The fourth-order valence-corrected chi connectivity index (χ4v) is 2.22. The maximum atomic E-state index is 5.59. The number of nitrogens with one attached hydrogen (secondary N) is 1. The zero-order valence-corrected chi connectivity index (χ0v) is 13.4. The molecule has 0 aliphatic rings. The van der Waals surface area contributed by atoms with Crippen LogP contribution in [0.2, 0.25) is 0 Å². The molecule has 0 spiro atoms. The van der Waals surface area contributed by atoms with Crippen molar-refractivity contribution in [3.8, 4) is 0 Å². The van der Waals surface area contributed by atoms with Crippen LogP contribution in [-0.2, 0) is 4.74 Å². The Labute approximate surface area is 124 Å². The van der Waals surface area contributed by atoms with Crippen molar-refractivity contribution in [1.82, 2.24) is 10.2 Å². The van der Waals surface area contributed by atoms with Crippen LogP contribution in [0.15, 0.2) is 30.3 Å². The number of rotatable bonds is 10. The highest BCUT2D eigenvalue weighted by molar-refractivity contribution is 5.18. The summed E-state index contributed by atoms with van der Waals surface area (Å²) in [6.07, 6.45) is 1.44. The fraction of sp³-hybridized carbons (Fsp3) is 0.647. The third kappa shape index (κ3) is 7.04. The van der Waals surface area contributed by atoms with Crippen LogP contribution in [0.5, 0.6) is 0 Å². The number of hydrogen-bond acceptors (Lipinski definition) is 3. The van der Waals surface area contributed by atoms with Crippen molar-refractivity contribution in [3.05, 3.63) is 35.9 Å². The second-order valence-corrected chi connectivity index (χ2v) is 5.53. The van der Waals surface area contributed by atoms with E-state index in [4.69, 9.17) is 4.74 Å². The van der Waals surface area contributed by atoms with Gasteiger partial charge in [-0.3, -0.25) is 0 Å². The molecular formula is C17H30N2O. The van der Waals surface area contributed by atoms with E-state index in [0.29, 0.717) is 12.1 Å². The molecule has 0 heterocycles. The molecule has 1 aromatic carbocycles. The van der Waals surface area contributed by atoms with Gasteiger partial charge < -0.3 is 15.0 Å². The Morgan fingerprint density at radius 3 is 2.45 bits per heavy atom. The van der Waals surface area contributed by atoms with Gasteiger partial charge in [-0.2, -0.15) is 0 Å². The minimum atomic E-state index is 0.322.